The molecule has 0 spiro atoms. The number of nitrogens with two attached hydrogens (primary N) is 1. The summed E-state index contributed by atoms with van der Waals surface area (Å²) >= 11 is 0. The number of nitrogens with zero attached hydrogens (tertiary/aromatic N) is 1. The fraction of sp³-hybridized carbons (Fsp3) is 0.300. The molecule has 1 rings (SSSR count). The van der Waals surface area contributed by atoms with Gasteiger partial charge in [0.25, 0.3) is 0 Å². The lowest BCUT2D eigenvalue weighted by atomic mass is 10.1. The van der Waals surface area contributed by atoms with Crippen LogP contribution in [0.4, 0.5) is 0 Å². The highest BCUT2D eigenvalue weighted by atomic mass is 16.2. The van der Waals surface area contributed by atoms with Gasteiger partial charge in [0.05, 0.1) is 6.54 Å². The molecule has 0 atom stereocenters. The van der Waals surface area contributed by atoms with Crippen molar-refractivity contribution in [3.63, 3.8) is 0 Å². The third-order valence-electron chi connectivity index (χ3n) is 1.85. The fourth-order valence-corrected chi connectivity index (χ4v) is 1.08. The first-order valence-corrected chi connectivity index (χ1v) is 4.62. The predicted molar refractivity (Wildman–Crippen MR) is 54.8 cm³/mol. The Balaban J connectivity index is 2.26. The summed E-state index contributed by atoms with van der Waals surface area (Å²) in [5.41, 5.74) is 5.93. The van der Waals surface area contributed by atoms with E-state index in [9.17, 15) is 9.59 Å². The third kappa shape index (κ3) is 4.75. The van der Waals surface area contributed by atoms with Crippen molar-refractivity contribution >= 4 is 11.8 Å². The molecular formula is C10H13N3O2. The molecule has 0 saturated heterocycles. The van der Waals surface area contributed by atoms with Gasteiger partial charge in [-0.3, -0.25) is 14.6 Å². The average molecular weight is 207 g/mol. The topological polar surface area (TPSA) is 85.1 Å². The second kappa shape index (κ2) is 5.74. The van der Waals surface area contributed by atoms with Crippen LogP contribution < -0.4 is 11.1 Å². The number of carbonyl (C=O) groups excluding carboxylic acids is 2. The van der Waals surface area contributed by atoms with E-state index in [-0.39, 0.29) is 12.5 Å². The summed E-state index contributed by atoms with van der Waals surface area (Å²) in [4.78, 5) is 25.4. The van der Waals surface area contributed by atoms with Crippen molar-refractivity contribution < 1.29 is 9.59 Å². The first-order chi connectivity index (χ1) is 7.18. The minimum Gasteiger partial charge on any atom is -0.368 e. The molecule has 0 saturated carbocycles. The molecule has 1 aromatic heterocycles. The minimum atomic E-state index is -0.535. The van der Waals surface area contributed by atoms with Gasteiger partial charge < -0.3 is 11.1 Å². The maximum Gasteiger partial charge on any atom is 0.236 e. The molecule has 80 valence electrons. The van der Waals surface area contributed by atoms with E-state index in [0.29, 0.717) is 12.8 Å². The maximum absolute atomic E-state index is 11.2. The Labute approximate surface area is 87.7 Å². The average Bonchev–Trinajstić information content (AvgIpc) is 2.25. The van der Waals surface area contributed by atoms with Crippen LogP contribution in [0, 0.1) is 0 Å². The van der Waals surface area contributed by atoms with E-state index >= 15 is 0 Å². The van der Waals surface area contributed by atoms with Crippen LogP contribution in [0.2, 0.25) is 0 Å². The van der Waals surface area contributed by atoms with Gasteiger partial charge in [0, 0.05) is 18.8 Å². The van der Waals surface area contributed by atoms with Gasteiger partial charge in [-0.05, 0) is 24.1 Å². The molecule has 1 heterocycles. The van der Waals surface area contributed by atoms with Gasteiger partial charge >= 0.3 is 0 Å². The predicted octanol–water partition coefficient (Wildman–Crippen LogP) is -0.384. The Bertz CT molecular complexity index is 338. The smallest absolute Gasteiger partial charge is 0.236 e. The largest absolute Gasteiger partial charge is 0.368 e. The van der Waals surface area contributed by atoms with Gasteiger partial charge in [-0.2, -0.15) is 0 Å². The normalized spacial score (nSPS) is 9.60. The summed E-state index contributed by atoms with van der Waals surface area (Å²) in [6.45, 7) is -0.102. The SMILES string of the molecule is NC(=O)CNC(=O)CCc1ccncc1. The zero-order valence-electron chi connectivity index (χ0n) is 8.27. The van der Waals surface area contributed by atoms with Crippen LogP contribution in [-0.2, 0) is 16.0 Å². The minimum absolute atomic E-state index is 0.102. The summed E-state index contributed by atoms with van der Waals surface area (Å²) < 4.78 is 0. The Kier molecular flexibility index (Phi) is 4.28. The first-order valence-electron chi connectivity index (χ1n) is 4.62. The molecule has 5 nitrogen and oxygen atoms in total. The highest BCUT2D eigenvalue weighted by molar-refractivity contribution is 5.83. The highest BCUT2D eigenvalue weighted by Crippen LogP contribution is 2.00. The Morgan fingerprint density at radius 3 is 2.60 bits per heavy atom. The molecule has 2 amide bonds. The van der Waals surface area contributed by atoms with Gasteiger partial charge in [-0.25, -0.2) is 0 Å². The molecule has 3 N–H and O–H groups in total. The summed E-state index contributed by atoms with van der Waals surface area (Å²) in [5, 5.41) is 2.42. The lowest BCUT2D eigenvalue weighted by Gasteiger charge is -2.02. The van der Waals surface area contributed by atoms with E-state index in [1.165, 1.54) is 0 Å². The van der Waals surface area contributed by atoms with E-state index < -0.39 is 5.91 Å². The van der Waals surface area contributed by atoms with Crippen LogP contribution in [-0.4, -0.2) is 23.3 Å². The van der Waals surface area contributed by atoms with E-state index in [1.807, 2.05) is 12.1 Å². The van der Waals surface area contributed by atoms with Gasteiger partial charge in [-0.15, -0.1) is 0 Å². The van der Waals surface area contributed by atoms with Crippen molar-refractivity contribution in [1.82, 2.24) is 10.3 Å². The molecule has 0 aromatic carbocycles. The Morgan fingerprint density at radius 1 is 1.33 bits per heavy atom. The first kappa shape index (κ1) is 11.2. The van der Waals surface area contributed by atoms with Crippen LogP contribution in [0.1, 0.15) is 12.0 Å². The van der Waals surface area contributed by atoms with E-state index in [2.05, 4.69) is 10.3 Å². The fourth-order valence-electron chi connectivity index (χ4n) is 1.08. The summed E-state index contributed by atoms with van der Waals surface area (Å²) in [5.74, 6) is -0.710. The van der Waals surface area contributed by atoms with Crippen molar-refractivity contribution in [2.45, 2.75) is 12.8 Å². The zero-order chi connectivity index (χ0) is 11.1. The quantitative estimate of drug-likeness (QED) is 0.690. The summed E-state index contributed by atoms with van der Waals surface area (Å²) in [7, 11) is 0. The molecule has 0 aliphatic carbocycles. The van der Waals surface area contributed by atoms with Crippen molar-refractivity contribution in [2.24, 2.45) is 5.73 Å². The molecule has 1 aromatic rings. The maximum atomic E-state index is 11.2. The molecule has 5 heteroatoms. The second-order valence-corrected chi connectivity index (χ2v) is 3.10. The number of primary amides is 1. The molecule has 15 heavy (non-hydrogen) atoms. The number of aromatic nitrogens is 1. The number of pyridine rings is 1. The van der Waals surface area contributed by atoms with Gasteiger partial charge in [0.1, 0.15) is 0 Å². The molecule has 0 unspecified atom stereocenters. The number of amides is 2. The number of hydrogen-bond donors (Lipinski definition) is 2. The monoisotopic (exact) mass is 207 g/mol. The highest BCUT2D eigenvalue weighted by Gasteiger charge is 2.02. The molecule has 0 bridgehead atoms. The summed E-state index contributed by atoms with van der Waals surface area (Å²) in [6, 6.07) is 3.70. The molecule has 0 aliphatic rings. The van der Waals surface area contributed by atoms with Crippen molar-refractivity contribution in [3.8, 4) is 0 Å². The third-order valence-corrected chi connectivity index (χ3v) is 1.85. The van der Waals surface area contributed by atoms with Crippen LogP contribution in [0.3, 0.4) is 0 Å². The second-order valence-electron chi connectivity index (χ2n) is 3.10. The van der Waals surface area contributed by atoms with Crippen molar-refractivity contribution in [3.05, 3.63) is 30.1 Å². The van der Waals surface area contributed by atoms with E-state index in [1.54, 1.807) is 12.4 Å². The van der Waals surface area contributed by atoms with Crippen LogP contribution >= 0.6 is 0 Å². The summed E-state index contributed by atoms with van der Waals surface area (Å²) in [6.07, 6.45) is 4.33. The van der Waals surface area contributed by atoms with Crippen LogP contribution in [0.5, 0.6) is 0 Å². The standard InChI is InChI=1S/C10H13N3O2/c11-9(14)7-13-10(15)2-1-8-3-5-12-6-4-8/h3-6H,1-2,7H2,(H2,11,14)(H,13,15). The lowest BCUT2D eigenvalue weighted by Crippen LogP contribution is -2.33. The zero-order valence-corrected chi connectivity index (χ0v) is 8.27. The van der Waals surface area contributed by atoms with E-state index in [0.717, 1.165) is 5.56 Å². The molecule has 0 aliphatic heterocycles. The molecule has 0 fully saturated rings. The van der Waals surface area contributed by atoms with Crippen LogP contribution in [0.25, 0.3) is 0 Å². The van der Waals surface area contributed by atoms with Gasteiger partial charge in [0.15, 0.2) is 0 Å². The van der Waals surface area contributed by atoms with Crippen LogP contribution in [0.15, 0.2) is 24.5 Å². The van der Waals surface area contributed by atoms with Crippen molar-refractivity contribution in [1.29, 1.82) is 0 Å². The Hall–Kier alpha value is -1.91. The number of carbonyl (C=O) groups is 2. The number of aryl methyl sites for hydroxylation is 1. The Morgan fingerprint density at radius 2 is 2.00 bits per heavy atom. The number of nitrogens with one attached hydrogen (secondary N) is 1. The van der Waals surface area contributed by atoms with Gasteiger partial charge in [-0.1, -0.05) is 0 Å². The number of hydrogen-bond acceptors (Lipinski definition) is 3. The van der Waals surface area contributed by atoms with E-state index in [4.69, 9.17) is 5.73 Å². The lowest BCUT2D eigenvalue weighted by molar-refractivity contribution is -0.124. The molecular weight excluding hydrogens is 194 g/mol. The van der Waals surface area contributed by atoms with Crippen molar-refractivity contribution in [2.75, 3.05) is 6.54 Å². The van der Waals surface area contributed by atoms with Gasteiger partial charge in [0.2, 0.25) is 11.8 Å². The molecule has 0 radical (unpaired) electrons. The number of rotatable bonds is 5.